The van der Waals surface area contributed by atoms with Crippen LogP contribution in [0.5, 0.6) is 0 Å². The molecule has 0 spiro atoms. The molecule has 1 heterocycles. The van der Waals surface area contributed by atoms with Gasteiger partial charge in [-0.25, -0.2) is 9.78 Å². The fourth-order valence-electron chi connectivity index (χ4n) is 1.37. The number of thioether (sulfide) groups is 1. The zero-order valence-corrected chi connectivity index (χ0v) is 13.0. The molecule has 0 fully saturated rings. The third kappa shape index (κ3) is 5.95. The molecule has 1 N–H and O–H groups in total. The number of anilines is 1. The average molecular weight is 310 g/mol. The summed E-state index contributed by atoms with van der Waals surface area (Å²) in [6.07, 6.45) is 1.35. The van der Waals surface area contributed by atoms with Gasteiger partial charge in [0.1, 0.15) is 5.82 Å². The van der Waals surface area contributed by atoms with Crippen LogP contribution in [-0.4, -0.2) is 34.3 Å². The quantitative estimate of drug-likeness (QED) is 0.810. The van der Waals surface area contributed by atoms with Crippen molar-refractivity contribution in [1.29, 1.82) is 0 Å². The highest BCUT2D eigenvalue weighted by Gasteiger charge is 2.15. The molecule has 1 aromatic rings. The van der Waals surface area contributed by atoms with Gasteiger partial charge in [0.25, 0.3) is 0 Å². The van der Waals surface area contributed by atoms with E-state index < -0.39 is 5.97 Å². The SMILES string of the molecule is CCOC(=O)c1ccc(NC(=O)C(C)CSC(C)=O)nc1. The first kappa shape index (κ1) is 17.2. The van der Waals surface area contributed by atoms with Gasteiger partial charge in [-0.05, 0) is 19.1 Å². The maximum atomic E-state index is 11.9. The lowest BCUT2D eigenvalue weighted by Crippen LogP contribution is -2.23. The van der Waals surface area contributed by atoms with Crippen LogP contribution in [0, 0.1) is 5.92 Å². The van der Waals surface area contributed by atoms with Crippen molar-refractivity contribution in [1.82, 2.24) is 4.98 Å². The van der Waals surface area contributed by atoms with E-state index in [-0.39, 0.29) is 16.9 Å². The van der Waals surface area contributed by atoms with Crippen molar-refractivity contribution >= 4 is 34.6 Å². The first-order valence-corrected chi connectivity index (χ1v) is 7.50. The first-order valence-electron chi connectivity index (χ1n) is 6.51. The molecule has 6 nitrogen and oxygen atoms in total. The van der Waals surface area contributed by atoms with E-state index in [4.69, 9.17) is 4.74 Å². The second-order valence-electron chi connectivity index (χ2n) is 4.35. The maximum Gasteiger partial charge on any atom is 0.339 e. The summed E-state index contributed by atoms with van der Waals surface area (Å²) in [5.74, 6) is -0.213. The molecule has 0 radical (unpaired) electrons. The zero-order valence-electron chi connectivity index (χ0n) is 12.2. The molecule has 0 saturated carbocycles. The van der Waals surface area contributed by atoms with E-state index in [0.717, 1.165) is 11.8 Å². The van der Waals surface area contributed by atoms with E-state index in [1.807, 2.05) is 0 Å². The molecule has 1 aromatic heterocycles. The lowest BCUT2D eigenvalue weighted by Gasteiger charge is -2.10. The Morgan fingerprint density at radius 2 is 2.10 bits per heavy atom. The van der Waals surface area contributed by atoms with E-state index in [0.29, 0.717) is 23.7 Å². The van der Waals surface area contributed by atoms with Crippen molar-refractivity contribution in [2.24, 2.45) is 5.92 Å². The second kappa shape index (κ2) is 8.41. The summed E-state index contributed by atoms with van der Waals surface area (Å²) in [4.78, 5) is 38.2. The molecule has 114 valence electrons. The van der Waals surface area contributed by atoms with Gasteiger partial charge in [0.15, 0.2) is 5.12 Å². The van der Waals surface area contributed by atoms with Gasteiger partial charge in [-0.1, -0.05) is 18.7 Å². The van der Waals surface area contributed by atoms with E-state index in [1.165, 1.54) is 25.3 Å². The minimum Gasteiger partial charge on any atom is -0.462 e. The molecular weight excluding hydrogens is 292 g/mol. The second-order valence-corrected chi connectivity index (χ2v) is 5.54. The predicted octanol–water partition coefficient (Wildman–Crippen LogP) is 2.11. The number of nitrogens with zero attached hydrogens (tertiary/aromatic N) is 1. The molecule has 0 aliphatic heterocycles. The summed E-state index contributed by atoms with van der Waals surface area (Å²) in [5, 5.41) is 2.62. The number of aromatic nitrogens is 1. The van der Waals surface area contributed by atoms with Crippen molar-refractivity contribution in [3.8, 4) is 0 Å². The minimum atomic E-state index is -0.450. The Morgan fingerprint density at radius 1 is 1.38 bits per heavy atom. The molecule has 0 aromatic carbocycles. The molecule has 1 amide bonds. The molecular formula is C14H18N2O4S. The molecule has 21 heavy (non-hydrogen) atoms. The van der Waals surface area contributed by atoms with E-state index in [2.05, 4.69) is 10.3 Å². The monoisotopic (exact) mass is 310 g/mol. The van der Waals surface area contributed by atoms with Gasteiger partial charge in [-0.15, -0.1) is 0 Å². The van der Waals surface area contributed by atoms with Crippen molar-refractivity contribution in [3.05, 3.63) is 23.9 Å². The standard InChI is InChI=1S/C14H18N2O4S/c1-4-20-14(19)11-5-6-12(15-7-11)16-13(18)9(2)8-21-10(3)17/h5-7,9H,4,8H2,1-3H3,(H,15,16,18). The lowest BCUT2D eigenvalue weighted by molar-refractivity contribution is -0.118. The highest BCUT2D eigenvalue weighted by atomic mass is 32.2. The summed E-state index contributed by atoms with van der Waals surface area (Å²) in [6, 6.07) is 3.07. The van der Waals surface area contributed by atoms with Crippen LogP contribution in [0.2, 0.25) is 0 Å². The normalized spacial score (nSPS) is 11.6. The molecule has 7 heteroatoms. The minimum absolute atomic E-state index is 0.0217. The van der Waals surface area contributed by atoms with Crippen molar-refractivity contribution in [2.75, 3.05) is 17.7 Å². The molecule has 0 bridgehead atoms. The number of rotatable bonds is 6. The Hall–Kier alpha value is -1.89. The van der Waals surface area contributed by atoms with Crippen molar-refractivity contribution < 1.29 is 19.1 Å². The Bertz CT molecular complexity index is 516. The van der Waals surface area contributed by atoms with Crippen LogP contribution in [0.4, 0.5) is 5.82 Å². The number of hydrogen-bond acceptors (Lipinski definition) is 6. The Kier molecular flexibility index (Phi) is 6.87. The topological polar surface area (TPSA) is 85.4 Å². The highest BCUT2D eigenvalue weighted by molar-refractivity contribution is 8.13. The van der Waals surface area contributed by atoms with Crippen LogP contribution < -0.4 is 5.32 Å². The zero-order chi connectivity index (χ0) is 15.8. The Labute approximate surface area is 127 Å². The lowest BCUT2D eigenvalue weighted by atomic mass is 10.2. The van der Waals surface area contributed by atoms with Crippen LogP contribution in [0.15, 0.2) is 18.3 Å². The van der Waals surface area contributed by atoms with E-state index >= 15 is 0 Å². The average Bonchev–Trinajstić information content (AvgIpc) is 2.45. The summed E-state index contributed by atoms with van der Waals surface area (Å²) < 4.78 is 4.84. The summed E-state index contributed by atoms with van der Waals surface area (Å²) in [7, 11) is 0. The number of ether oxygens (including phenoxy) is 1. The van der Waals surface area contributed by atoms with Gasteiger partial charge in [0, 0.05) is 24.8 Å². The number of hydrogen-bond donors (Lipinski definition) is 1. The van der Waals surface area contributed by atoms with E-state index in [1.54, 1.807) is 13.8 Å². The third-order valence-electron chi connectivity index (χ3n) is 2.51. The van der Waals surface area contributed by atoms with Gasteiger partial charge < -0.3 is 10.1 Å². The fourth-order valence-corrected chi connectivity index (χ4v) is 2.01. The van der Waals surface area contributed by atoms with Crippen LogP contribution in [-0.2, 0) is 14.3 Å². The Morgan fingerprint density at radius 3 is 2.62 bits per heavy atom. The molecule has 1 atom stereocenters. The van der Waals surface area contributed by atoms with Crippen LogP contribution >= 0.6 is 11.8 Å². The van der Waals surface area contributed by atoms with Crippen LogP contribution in [0.1, 0.15) is 31.1 Å². The summed E-state index contributed by atoms with van der Waals surface area (Å²) in [5.41, 5.74) is 0.329. The van der Waals surface area contributed by atoms with Crippen LogP contribution in [0.3, 0.4) is 0 Å². The highest BCUT2D eigenvalue weighted by Crippen LogP contribution is 2.12. The number of esters is 1. The van der Waals surface area contributed by atoms with Crippen molar-refractivity contribution in [3.63, 3.8) is 0 Å². The molecule has 0 saturated heterocycles. The maximum absolute atomic E-state index is 11.9. The summed E-state index contributed by atoms with van der Waals surface area (Å²) >= 11 is 1.11. The third-order valence-corrected chi connectivity index (χ3v) is 3.58. The van der Waals surface area contributed by atoms with E-state index in [9.17, 15) is 14.4 Å². The largest absolute Gasteiger partial charge is 0.462 e. The molecule has 1 rings (SSSR count). The number of carbonyl (C=O) groups is 3. The summed E-state index contributed by atoms with van der Waals surface area (Å²) in [6.45, 7) is 5.21. The van der Waals surface area contributed by atoms with Gasteiger partial charge >= 0.3 is 5.97 Å². The number of amides is 1. The first-order chi connectivity index (χ1) is 9.93. The number of nitrogens with one attached hydrogen (secondary N) is 1. The predicted molar refractivity (Wildman–Crippen MR) is 81.1 cm³/mol. The van der Waals surface area contributed by atoms with Crippen LogP contribution in [0.25, 0.3) is 0 Å². The molecule has 0 aliphatic rings. The number of pyridine rings is 1. The van der Waals surface area contributed by atoms with Gasteiger partial charge in [0.2, 0.25) is 5.91 Å². The fraction of sp³-hybridized carbons (Fsp3) is 0.429. The van der Waals surface area contributed by atoms with Crippen molar-refractivity contribution in [2.45, 2.75) is 20.8 Å². The smallest absolute Gasteiger partial charge is 0.339 e. The van der Waals surface area contributed by atoms with Gasteiger partial charge in [0.05, 0.1) is 12.2 Å². The van der Waals surface area contributed by atoms with Gasteiger partial charge in [-0.3, -0.25) is 9.59 Å². The van der Waals surface area contributed by atoms with Gasteiger partial charge in [-0.2, -0.15) is 0 Å². The molecule has 0 aliphatic carbocycles. The molecule has 1 unspecified atom stereocenters. The number of carbonyl (C=O) groups excluding carboxylic acids is 3. The Balaban J connectivity index is 2.57.